The Bertz CT molecular complexity index is 220. The second kappa shape index (κ2) is 3.62. The fourth-order valence-corrected chi connectivity index (χ4v) is 1.66. The Morgan fingerprint density at radius 1 is 1.25 bits per heavy atom. The molecule has 1 atom stereocenters. The van der Waals surface area contributed by atoms with E-state index in [0.29, 0.717) is 0 Å². The summed E-state index contributed by atoms with van der Waals surface area (Å²) in [5.74, 6) is 1.03. The van der Waals surface area contributed by atoms with Crippen LogP contribution in [0.3, 0.4) is 0 Å². The molecule has 0 aliphatic heterocycles. The van der Waals surface area contributed by atoms with E-state index in [2.05, 4.69) is 42.4 Å². The van der Waals surface area contributed by atoms with Crippen LogP contribution in [0.1, 0.15) is 33.6 Å². The highest BCUT2D eigenvalue weighted by molar-refractivity contribution is 7.10. The molecule has 0 spiro atoms. The Morgan fingerprint density at radius 3 is 2.25 bits per heavy atom. The van der Waals surface area contributed by atoms with Gasteiger partial charge in [0.1, 0.15) is 5.76 Å². The molecule has 0 amide bonds. The number of hydrogen-bond acceptors (Lipinski definition) is 1. The van der Waals surface area contributed by atoms with Gasteiger partial charge in [-0.1, -0.05) is 26.8 Å². The molecule has 0 fully saturated rings. The fourth-order valence-electron chi connectivity index (χ4n) is 1.44. The summed E-state index contributed by atoms with van der Waals surface area (Å²) in [4.78, 5) is 0. The van der Waals surface area contributed by atoms with Crippen molar-refractivity contribution in [2.24, 2.45) is 5.41 Å². The Labute approximate surface area is 77.2 Å². The predicted molar refractivity (Wildman–Crippen MR) is 55.7 cm³/mol. The summed E-state index contributed by atoms with van der Waals surface area (Å²) in [5, 5.41) is 0. The second-order valence-electron chi connectivity index (χ2n) is 4.13. The van der Waals surface area contributed by atoms with Crippen LogP contribution in [0.15, 0.2) is 23.5 Å². The maximum Gasteiger partial charge on any atom is 0.121 e. The molecule has 68 valence electrons. The average molecular weight is 184 g/mol. The summed E-state index contributed by atoms with van der Waals surface area (Å²) in [6.07, 6.45) is 6.68. The van der Waals surface area contributed by atoms with E-state index >= 15 is 0 Å². The molecule has 1 unspecified atom stereocenters. The normalized spacial score (nSPS) is 18.3. The third-order valence-corrected chi connectivity index (χ3v) is 2.30. The predicted octanol–water partition coefficient (Wildman–Crippen LogP) is 3.44. The van der Waals surface area contributed by atoms with E-state index in [4.69, 9.17) is 4.52 Å². The minimum atomic E-state index is 0.197. The standard InChI is InChI=1S/C10H17OP/c1-10(2,3)8-6-4-5-7-9(8)11-12/h6-7H,4-5,12H2,1-3H3. The quantitative estimate of drug-likeness (QED) is 0.567. The molecule has 12 heavy (non-hydrogen) atoms. The van der Waals surface area contributed by atoms with Crippen molar-refractivity contribution in [1.82, 2.24) is 0 Å². The van der Waals surface area contributed by atoms with E-state index in [1.807, 2.05) is 0 Å². The van der Waals surface area contributed by atoms with Gasteiger partial charge in [-0.25, -0.2) is 0 Å². The number of hydrogen-bond donors (Lipinski definition) is 0. The molecule has 0 aromatic rings. The second-order valence-corrected chi connectivity index (χ2v) is 4.37. The van der Waals surface area contributed by atoms with Crippen LogP contribution in [0.2, 0.25) is 0 Å². The lowest BCUT2D eigenvalue weighted by Gasteiger charge is -2.26. The van der Waals surface area contributed by atoms with Gasteiger partial charge in [0.05, 0.1) is 9.47 Å². The average Bonchev–Trinajstić information content (AvgIpc) is 2.03. The van der Waals surface area contributed by atoms with Crippen molar-refractivity contribution in [3.63, 3.8) is 0 Å². The highest BCUT2D eigenvalue weighted by Crippen LogP contribution is 2.35. The van der Waals surface area contributed by atoms with Gasteiger partial charge in [-0.15, -0.1) is 0 Å². The molecule has 2 heteroatoms. The van der Waals surface area contributed by atoms with Crippen molar-refractivity contribution in [3.05, 3.63) is 23.5 Å². The van der Waals surface area contributed by atoms with Gasteiger partial charge in [-0.3, -0.25) is 0 Å². The summed E-state index contributed by atoms with van der Waals surface area (Å²) < 4.78 is 5.24. The van der Waals surface area contributed by atoms with Crippen molar-refractivity contribution in [1.29, 1.82) is 0 Å². The molecule has 0 saturated carbocycles. The zero-order valence-corrected chi connectivity index (χ0v) is 9.21. The number of allylic oxidation sites excluding steroid dienone is 3. The lowest BCUT2D eigenvalue weighted by atomic mass is 9.82. The smallest absolute Gasteiger partial charge is 0.121 e. The molecule has 0 N–H and O–H groups in total. The van der Waals surface area contributed by atoms with Gasteiger partial charge in [-0.2, -0.15) is 0 Å². The Hall–Kier alpha value is -0.290. The SMILES string of the molecule is CC(C)(C)C1=CCCC=C1OP. The van der Waals surface area contributed by atoms with E-state index in [-0.39, 0.29) is 5.41 Å². The molecule has 0 radical (unpaired) electrons. The molecule has 0 aromatic carbocycles. The van der Waals surface area contributed by atoms with Crippen LogP contribution >= 0.6 is 9.47 Å². The zero-order valence-electron chi connectivity index (χ0n) is 8.05. The van der Waals surface area contributed by atoms with Crippen LogP contribution in [-0.2, 0) is 4.52 Å². The van der Waals surface area contributed by atoms with E-state index in [1.54, 1.807) is 0 Å². The van der Waals surface area contributed by atoms with Crippen molar-refractivity contribution in [3.8, 4) is 0 Å². The maximum atomic E-state index is 5.24. The third kappa shape index (κ3) is 2.10. The summed E-state index contributed by atoms with van der Waals surface area (Å²) in [5.41, 5.74) is 1.52. The third-order valence-electron chi connectivity index (χ3n) is 2.05. The van der Waals surface area contributed by atoms with Crippen LogP contribution in [-0.4, -0.2) is 0 Å². The molecule has 1 nitrogen and oxygen atoms in total. The van der Waals surface area contributed by atoms with Crippen molar-refractivity contribution >= 4 is 9.47 Å². The van der Waals surface area contributed by atoms with Crippen LogP contribution in [0.4, 0.5) is 0 Å². The van der Waals surface area contributed by atoms with Crippen molar-refractivity contribution in [2.45, 2.75) is 33.6 Å². The highest BCUT2D eigenvalue weighted by Gasteiger charge is 2.22. The molecule has 0 bridgehead atoms. The largest absolute Gasteiger partial charge is 0.480 e. The van der Waals surface area contributed by atoms with E-state index in [9.17, 15) is 0 Å². The summed E-state index contributed by atoms with van der Waals surface area (Å²) in [6, 6.07) is 0. The molecule has 0 aromatic heterocycles. The zero-order chi connectivity index (χ0) is 9.19. The first-order valence-corrected chi connectivity index (χ1v) is 4.81. The van der Waals surface area contributed by atoms with E-state index < -0.39 is 0 Å². The van der Waals surface area contributed by atoms with Gasteiger partial charge < -0.3 is 4.52 Å². The van der Waals surface area contributed by atoms with Gasteiger partial charge in [0.15, 0.2) is 0 Å². The van der Waals surface area contributed by atoms with E-state index in [1.165, 1.54) is 5.57 Å². The van der Waals surface area contributed by atoms with Crippen molar-refractivity contribution < 1.29 is 4.52 Å². The van der Waals surface area contributed by atoms with Crippen LogP contribution in [0.5, 0.6) is 0 Å². The first-order chi connectivity index (χ1) is 5.55. The molecular formula is C10H17OP. The minimum Gasteiger partial charge on any atom is -0.480 e. The Balaban J connectivity index is 2.88. The Morgan fingerprint density at radius 2 is 1.83 bits per heavy atom. The van der Waals surface area contributed by atoms with Gasteiger partial charge >= 0.3 is 0 Å². The summed E-state index contributed by atoms with van der Waals surface area (Å²) in [6.45, 7) is 6.63. The molecule has 0 saturated heterocycles. The monoisotopic (exact) mass is 184 g/mol. The fraction of sp³-hybridized carbons (Fsp3) is 0.600. The highest BCUT2D eigenvalue weighted by atomic mass is 31.0. The topological polar surface area (TPSA) is 9.23 Å². The summed E-state index contributed by atoms with van der Waals surface area (Å²) >= 11 is 0. The summed E-state index contributed by atoms with van der Waals surface area (Å²) in [7, 11) is 2.32. The molecule has 1 aliphatic rings. The van der Waals surface area contributed by atoms with Gasteiger partial charge in [0.25, 0.3) is 0 Å². The Kier molecular flexibility index (Phi) is 2.95. The van der Waals surface area contributed by atoms with Gasteiger partial charge in [-0.05, 0) is 29.9 Å². The maximum absolute atomic E-state index is 5.24. The minimum absolute atomic E-state index is 0.197. The lowest BCUT2D eigenvalue weighted by Crippen LogP contribution is -2.13. The van der Waals surface area contributed by atoms with Crippen molar-refractivity contribution in [2.75, 3.05) is 0 Å². The van der Waals surface area contributed by atoms with E-state index in [0.717, 1.165) is 18.6 Å². The van der Waals surface area contributed by atoms with Crippen LogP contribution < -0.4 is 0 Å². The lowest BCUT2D eigenvalue weighted by molar-refractivity contribution is 0.422. The first kappa shape index (κ1) is 9.80. The number of rotatable bonds is 1. The molecule has 1 rings (SSSR count). The van der Waals surface area contributed by atoms with Crippen LogP contribution in [0.25, 0.3) is 0 Å². The van der Waals surface area contributed by atoms with Crippen LogP contribution in [0, 0.1) is 5.41 Å². The van der Waals surface area contributed by atoms with Gasteiger partial charge in [0.2, 0.25) is 0 Å². The molecule has 1 aliphatic carbocycles. The first-order valence-electron chi connectivity index (χ1n) is 4.33. The molecule has 0 heterocycles. The van der Waals surface area contributed by atoms with Gasteiger partial charge in [0, 0.05) is 0 Å². The molecular weight excluding hydrogens is 167 g/mol.